The van der Waals surface area contributed by atoms with E-state index >= 15 is 0 Å². The molecule has 5 rings (SSSR count). The Morgan fingerprint density at radius 3 is 1.17 bits per heavy atom. The molecule has 15 nitrogen and oxygen atoms in total. The van der Waals surface area contributed by atoms with Crippen molar-refractivity contribution in [2.45, 2.75) is 83.9 Å². The molecule has 306 valence electrons. The van der Waals surface area contributed by atoms with Crippen LogP contribution in [0, 0.1) is 16.2 Å². The van der Waals surface area contributed by atoms with Gasteiger partial charge in [-0.25, -0.2) is 5.06 Å². The van der Waals surface area contributed by atoms with Crippen molar-refractivity contribution in [3.05, 3.63) is 12.5 Å². The van der Waals surface area contributed by atoms with Crippen LogP contribution < -0.4 is 0 Å². The number of hydrogen-bond donors (Lipinski definition) is 0. The number of amidine groups is 1. The maximum Gasteiger partial charge on any atom is 0.319 e. The van der Waals surface area contributed by atoms with Gasteiger partial charge in [0.15, 0.2) is 0 Å². The maximum atomic E-state index is 6.55. The zero-order valence-electron chi connectivity index (χ0n) is 32.9. The molecule has 5 atom stereocenters. The standard InChI is InChI=1S/C38H66N2O13/c1-7-36(8-2,21-41-11-30-16-46-30)28-53-40(6)35(52-27-38(10-4,24-44-14-33-19-49-33)25-45-15-34-20-50-34)39-29(5)51-26-37(9-3,22-42-12-31-17-47-31)23-43-13-32-18-48-32/h30-34H,5,7-28H2,1-4,6H3/b39-35+. The lowest BCUT2D eigenvalue weighted by atomic mass is 9.84. The lowest BCUT2D eigenvalue weighted by Crippen LogP contribution is -2.42. The molecular formula is C38H66N2O13. The maximum absolute atomic E-state index is 6.55. The topological polar surface area (TPSA) is 152 Å². The van der Waals surface area contributed by atoms with Crippen LogP contribution in [0.2, 0.25) is 0 Å². The van der Waals surface area contributed by atoms with Crippen molar-refractivity contribution >= 4 is 6.02 Å². The van der Waals surface area contributed by atoms with Gasteiger partial charge in [-0.1, -0.05) is 27.7 Å². The van der Waals surface area contributed by atoms with E-state index in [0.29, 0.717) is 72.7 Å². The fraction of sp³-hybridized carbons (Fsp3) is 0.921. The highest BCUT2D eigenvalue weighted by Crippen LogP contribution is 2.31. The normalized spacial score (nSPS) is 26.7. The molecule has 0 bridgehead atoms. The second kappa shape index (κ2) is 21.1. The Labute approximate surface area is 316 Å². The number of hydrogen-bond acceptors (Lipinski definition) is 14. The van der Waals surface area contributed by atoms with Gasteiger partial charge in [0.1, 0.15) is 37.1 Å². The van der Waals surface area contributed by atoms with Gasteiger partial charge in [-0.05, 0) is 32.3 Å². The molecule has 0 spiro atoms. The average molecular weight is 759 g/mol. The van der Waals surface area contributed by atoms with Crippen molar-refractivity contribution < 1.29 is 61.7 Å². The van der Waals surface area contributed by atoms with E-state index in [1.54, 1.807) is 12.1 Å². The average Bonchev–Trinajstić information content (AvgIpc) is 3.97. The summed E-state index contributed by atoms with van der Waals surface area (Å²) in [5, 5.41) is 1.56. The van der Waals surface area contributed by atoms with Crippen LogP contribution in [0.1, 0.15) is 53.4 Å². The molecule has 0 amide bonds. The first-order valence-electron chi connectivity index (χ1n) is 19.6. The van der Waals surface area contributed by atoms with Gasteiger partial charge in [-0.3, -0.25) is 4.84 Å². The van der Waals surface area contributed by atoms with Gasteiger partial charge < -0.3 is 56.8 Å². The zero-order valence-corrected chi connectivity index (χ0v) is 32.9. The SMILES string of the molecule is C=C(/N=C(/OCC(CC)(COCC1CO1)COCC1CO1)N(C)OCC(CC)(CC)COCC1CO1)OCC(CC)(COCC1CO1)COCC1CO1. The number of ether oxygens (including phenoxy) is 12. The summed E-state index contributed by atoms with van der Waals surface area (Å²) in [6.07, 6.45) is 4.07. The highest BCUT2D eigenvalue weighted by molar-refractivity contribution is 5.73. The first-order valence-corrected chi connectivity index (χ1v) is 19.6. The summed E-state index contributed by atoms with van der Waals surface area (Å²) in [6.45, 7) is 22.3. The Balaban J connectivity index is 1.25. The fourth-order valence-electron chi connectivity index (χ4n) is 5.49. The van der Waals surface area contributed by atoms with E-state index in [1.807, 2.05) is 0 Å². The molecule has 0 radical (unpaired) electrons. The lowest BCUT2D eigenvalue weighted by molar-refractivity contribution is -0.149. The zero-order chi connectivity index (χ0) is 37.6. The molecule has 0 aliphatic carbocycles. The Hall–Kier alpha value is -1.63. The van der Waals surface area contributed by atoms with Crippen LogP contribution in [-0.2, 0) is 61.7 Å². The van der Waals surface area contributed by atoms with Crippen LogP contribution in [0.5, 0.6) is 0 Å². The molecule has 0 N–H and O–H groups in total. The predicted octanol–water partition coefficient (Wildman–Crippen LogP) is 3.39. The van der Waals surface area contributed by atoms with Crippen molar-refractivity contribution in [3.63, 3.8) is 0 Å². The number of epoxide rings is 5. The van der Waals surface area contributed by atoms with Gasteiger partial charge >= 0.3 is 6.02 Å². The highest BCUT2D eigenvalue weighted by Gasteiger charge is 2.37. The molecule has 53 heavy (non-hydrogen) atoms. The molecule has 5 aliphatic rings. The molecule has 0 aromatic rings. The number of nitrogens with zero attached hydrogens (tertiary/aromatic N) is 2. The van der Waals surface area contributed by atoms with E-state index in [1.165, 1.54) is 0 Å². The summed E-state index contributed by atoms with van der Waals surface area (Å²) < 4.78 is 70.0. The van der Waals surface area contributed by atoms with Crippen LogP contribution in [0.15, 0.2) is 17.5 Å². The monoisotopic (exact) mass is 758 g/mol. The molecule has 0 saturated carbocycles. The molecule has 5 saturated heterocycles. The van der Waals surface area contributed by atoms with E-state index in [0.717, 1.165) is 58.7 Å². The minimum Gasteiger partial charge on any atom is -0.477 e. The Morgan fingerprint density at radius 2 is 0.849 bits per heavy atom. The summed E-state index contributed by atoms with van der Waals surface area (Å²) in [7, 11) is 1.79. The molecule has 5 heterocycles. The Morgan fingerprint density at radius 1 is 0.528 bits per heavy atom. The summed E-state index contributed by atoms with van der Waals surface area (Å²) in [6, 6.07) is 0.212. The lowest BCUT2D eigenvalue weighted by Gasteiger charge is -2.35. The molecule has 0 aromatic carbocycles. The Bertz CT molecular complexity index is 1070. The summed E-state index contributed by atoms with van der Waals surface area (Å²) in [5.74, 6) is 0.181. The van der Waals surface area contributed by atoms with E-state index in [2.05, 4.69) is 34.3 Å². The van der Waals surface area contributed by atoms with E-state index < -0.39 is 10.8 Å². The van der Waals surface area contributed by atoms with Crippen LogP contribution in [0.3, 0.4) is 0 Å². The number of rotatable bonds is 33. The summed E-state index contributed by atoms with van der Waals surface area (Å²) in [5.41, 5.74) is -1.10. The second-order valence-electron chi connectivity index (χ2n) is 15.4. The predicted molar refractivity (Wildman–Crippen MR) is 193 cm³/mol. The third-order valence-corrected chi connectivity index (χ3v) is 10.7. The van der Waals surface area contributed by atoms with Crippen LogP contribution >= 0.6 is 0 Å². The third-order valence-electron chi connectivity index (χ3n) is 10.7. The van der Waals surface area contributed by atoms with Gasteiger partial charge in [0.25, 0.3) is 0 Å². The molecule has 15 heteroatoms. The molecule has 5 fully saturated rings. The third kappa shape index (κ3) is 15.8. The first-order chi connectivity index (χ1) is 25.7. The quantitative estimate of drug-likeness (QED) is 0.0316. The van der Waals surface area contributed by atoms with Crippen LogP contribution in [0.25, 0.3) is 0 Å². The minimum absolute atomic E-state index is 0.150. The smallest absolute Gasteiger partial charge is 0.319 e. The fourth-order valence-corrected chi connectivity index (χ4v) is 5.49. The van der Waals surface area contributed by atoms with Crippen LogP contribution in [0.4, 0.5) is 0 Å². The van der Waals surface area contributed by atoms with Gasteiger partial charge in [0.05, 0.1) is 123 Å². The van der Waals surface area contributed by atoms with Crippen molar-refractivity contribution in [3.8, 4) is 0 Å². The highest BCUT2D eigenvalue weighted by atomic mass is 16.7. The number of aliphatic imine (C=N–C) groups is 1. The van der Waals surface area contributed by atoms with Gasteiger partial charge in [-0.15, -0.1) is 0 Å². The molecule has 5 unspecified atom stereocenters. The summed E-state index contributed by atoms with van der Waals surface area (Å²) >= 11 is 0. The van der Waals surface area contributed by atoms with Crippen LogP contribution in [-0.4, -0.2) is 168 Å². The minimum atomic E-state index is -0.467. The largest absolute Gasteiger partial charge is 0.477 e. The van der Waals surface area contributed by atoms with Gasteiger partial charge in [0.2, 0.25) is 5.88 Å². The Kier molecular flexibility index (Phi) is 16.9. The van der Waals surface area contributed by atoms with Crippen molar-refractivity contribution in [1.29, 1.82) is 0 Å². The molecule has 0 aromatic heterocycles. The number of hydroxylamine groups is 2. The van der Waals surface area contributed by atoms with Crippen molar-refractivity contribution in [2.24, 2.45) is 21.2 Å². The van der Waals surface area contributed by atoms with Gasteiger partial charge in [-0.2, -0.15) is 4.99 Å². The first kappa shape index (κ1) is 42.5. The van der Waals surface area contributed by atoms with E-state index in [9.17, 15) is 0 Å². The van der Waals surface area contributed by atoms with Crippen molar-refractivity contribution in [1.82, 2.24) is 5.06 Å². The second-order valence-corrected chi connectivity index (χ2v) is 15.4. The molecule has 5 aliphatic heterocycles. The van der Waals surface area contributed by atoms with Gasteiger partial charge in [0, 0.05) is 12.5 Å². The van der Waals surface area contributed by atoms with E-state index in [-0.39, 0.29) is 61.1 Å². The van der Waals surface area contributed by atoms with E-state index in [4.69, 9.17) is 66.7 Å². The molecular weight excluding hydrogens is 692 g/mol. The van der Waals surface area contributed by atoms with Crippen molar-refractivity contribution in [2.75, 3.05) is 126 Å². The summed E-state index contributed by atoms with van der Waals surface area (Å²) in [4.78, 5) is 11.2.